The SMILES string of the molecule is COC(=O)CC(C)(O)CC(=O)OC[C@H]1O[C@@H](Oc2c(-c3ccc(O)c(OC)c3)oc3c(OC)c(O)cc(O)c3c2=O)[C@H](O)[C@@H](O)[C@@H]1O. The molecule has 0 radical (unpaired) electrons. The molecule has 1 aliphatic heterocycles. The molecule has 2 aromatic carbocycles. The molecule has 0 aliphatic carbocycles. The van der Waals surface area contributed by atoms with Crippen molar-refractivity contribution in [1.82, 2.24) is 0 Å². The van der Waals surface area contributed by atoms with Gasteiger partial charge in [-0.25, -0.2) is 0 Å². The van der Waals surface area contributed by atoms with E-state index in [4.69, 9.17) is 28.1 Å². The van der Waals surface area contributed by atoms with Crippen molar-refractivity contribution < 1.29 is 78.2 Å². The molecule has 1 fully saturated rings. The second-order valence-electron chi connectivity index (χ2n) is 10.9. The van der Waals surface area contributed by atoms with Gasteiger partial charge in [-0.15, -0.1) is 0 Å². The second kappa shape index (κ2) is 13.9. The fourth-order valence-corrected chi connectivity index (χ4v) is 4.86. The average Bonchev–Trinajstić information content (AvgIpc) is 3.01. The Hall–Kier alpha value is -4.81. The number of ether oxygens (including phenoxy) is 6. The number of hydrogen-bond donors (Lipinski definition) is 7. The number of phenols is 3. The Bertz CT molecular complexity index is 1700. The lowest BCUT2D eigenvalue weighted by Gasteiger charge is -2.40. The summed E-state index contributed by atoms with van der Waals surface area (Å²) in [5.41, 5.74) is -3.25. The summed E-state index contributed by atoms with van der Waals surface area (Å²) >= 11 is 0. The number of benzene rings is 2. The lowest BCUT2D eigenvalue weighted by molar-refractivity contribution is -0.278. The minimum absolute atomic E-state index is 0.0499. The second-order valence-corrected chi connectivity index (χ2v) is 10.9. The van der Waals surface area contributed by atoms with Crippen molar-refractivity contribution in [1.29, 1.82) is 0 Å². The first-order chi connectivity index (χ1) is 22.1. The Kier molecular flexibility index (Phi) is 10.4. The van der Waals surface area contributed by atoms with Crippen LogP contribution in [0.2, 0.25) is 0 Å². The summed E-state index contributed by atoms with van der Waals surface area (Å²) < 4.78 is 37.1. The highest BCUT2D eigenvalue weighted by atomic mass is 16.7. The lowest BCUT2D eigenvalue weighted by Crippen LogP contribution is -2.60. The number of phenolic OH excluding ortho intramolecular Hbond substituents is 3. The molecule has 1 aliphatic rings. The zero-order chi connectivity index (χ0) is 34.8. The molecule has 1 saturated heterocycles. The van der Waals surface area contributed by atoms with Crippen LogP contribution in [0.3, 0.4) is 0 Å². The number of aliphatic hydroxyl groups is 4. The number of rotatable bonds is 11. The molecule has 2 heterocycles. The van der Waals surface area contributed by atoms with E-state index in [2.05, 4.69) is 4.74 Å². The number of aliphatic hydroxyl groups excluding tert-OH is 3. The van der Waals surface area contributed by atoms with Crippen LogP contribution in [0.25, 0.3) is 22.3 Å². The van der Waals surface area contributed by atoms with Gasteiger partial charge in [-0.2, -0.15) is 0 Å². The van der Waals surface area contributed by atoms with Gasteiger partial charge in [0.15, 0.2) is 28.6 Å². The Morgan fingerprint density at radius 2 is 1.55 bits per heavy atom. The number of carbonyl (C=O) groups is 2. The molecule has 17 nitrogen and oxygen atoms in total. The van der Waals surface area contributed by atoms with E-state index in [1.54, 1.807) is 0 Å². The third kappa shape index (κ3) is 7.28. The highest BCUT2D eigenvalue weighted by Crippen LogP contribution is 2.44. The van der Waals surface area contributed by atoms with Crippen molar-refractivity contribution in [3.05, 3.63) is 34.5 Å². The smallest absolute Gasteiger partial charge is 0.308 e. The lowest BCUT2D eigenvalue weighted by atomic mass is 9.98. The highest BCUT2D eigenvalue weighted by molar-refractivity contribution is 5.93. The summed E-state index contributed by atoms with van der Waals surface area (Å²) in [6, 6.07) is 4.59. The zero-order valence-corrected chi connectivity index (χ0v) is 25.5. The molecule has 0 bridgehead atoms. The van der Waals surface area contributed by atoms with E-state index in [0.717, 1.165) is 13.2 Å². The first kappa shape index (κ1) is 35.1. The maximum absolute atomic E-state index is 13.9. The fourth-order valence-electron chi connectivity index (χ4n) is 4.86. The minimum atomic E-state index is -2.00. The van der Waals surface area contributed by atoms with Gasteiger partial charge < -0.3 is 68.6 Å². The molecule has 6 atom stereocenters. The van der Waals surface area contributed by atoms with Gasteiger partial charge in [-0.1, -0.05) is 0 Å². The van der Waals surface area contributed by atoms with Crippen molar-refractivity contribution in [2.75, 3.05) is 27.9 Å². The van der Waals surface area contributed by atoms with Crippen LogP contribution in [0.4, 0.5) is 0 Å². The number of hydrogen-bond acceptors (Lipinski definition) is 17. The van der Waals surface area contributed by atoms with Gasteiger partial charge in [0.1, 0.15) is 42.2 Å². The first-order valence-electron chi connectivity index (χ1n) is 13.9. The van der Waals surface area contributed by atoms with E-state index in [1.165, 1.54) is 39.3 Å². The third-order valence-corrected chi connectivity index (χ3v) is 7.27. The van der Waals surface area contributed by atoms with E-state index in [-0.39, 0.29) is 22.8 Å². The van der Waals surface area contributed by atoms with Crippen molar-refractivity contribution >= 4 is 22.9 Å². The Morgan fingerprint density at radius 1 is 0.872 bits per heavy atom. The summed E-state index contributed by atoms with van der Waals surface area (Å²) in [6.45, 7) is 0.468. The number of aromatic hydroxyl groups is 3. The molecular weight excluding hydrogens is 632 g/mol. The van der Waals surface area contributed by atoms with Gasteiger partial charge in [0, 0.05) is 11.6 Å². The van der Waals surface area contributed by atoms with E-state index in [0.29, 0.717) is 0 Å². The molecule has 17 heteroatoms. The van der Waals surface area contributed by atoms with Gasteiger partial charge in [0.05, 0.1) is 39.8 Å². The van der Waals surface area contributed by atoms with Gasteiger partial charge in [0.2, 0.25) is 23.2 Å². The van der Waals surface area contributed by atoms with Crippen LogP contribution in [0, 0.1) is 0 Å². The van der Waals surface area contributed by atoms with Crippen LogP contribution in [-0.2, 0) is 23.8 Å². The molecule has 1 aromatic heterocycles. The average molecular weight is 667 g/mol. The van der Waals surface area contributed by atoms with Crippen LogP contribution in [0.15, 0.2) is 33.5 Å². The molecule has 256 valence electrons. The summed E-state index contributed by atoms with van der Waals surface area (Å²) in [6.07, 6.45) is -10.5. The molecule has 0 saturated carbocycles. The van der Waals surface area contributed by atoms with Crippen LogP contribution in [0.1, 0.15) is 19.8 Å². The maximum Gasteiger partial charge on any atom is 0.308 e. The quantitative estimate of drug-likeness (QED) is 0.133. The number of carbonyl (C=O) groups excluding carboxylic acids is 2. The number of fused-ring (bicyclic) bond motifs is 1. The Morgan fingerprint density at radius 3 is 2.19 bits per heavy atom. The molecule has 47 heavy (non-hydrogen) atoms. The third-order valence-electron chi connectivity index (χ3n) is 7.27. The van der Waals surface area contributed by atoms with E-state index >= 15 is 0 Å². The molecule has 0 amide bonds. The van der Waals surface area contributed by atoms with E-state index in [1.807, 2.05) is 0 Å². The van der Waals surface area contributed by atoms with Crippen molar-refractivity contribution in [2.24, 2.45) is 0 Å². The summed E-state index contributed by atoms with van der Waals surface area (Å²) in [7, 11) is 3.54. The standard InChI is InChI=1S/C30H34O17/c1-30(40,9-18(34)42-3)10-19(35)44-11-17-21(36)23(38)24(39)29(45-17)47-28-22(37)20-14(32)8-15(33)26(43-4)27(20)46-25(28)12-5-6-13(31)16(7-12)41-2/h5-8,17,21,23-24,29,31-33,36,38-40H,9-11H2,1-4H3/t17-,21-,23+,24-,29+,30?/m1/s1. The fraction of sp³-hybridized carbons (Fsp3) is 0.433. The monoisotopic (exact) mass is 666 g/mol. The van der Waals surface area contributed by atoms with Gasteiger partial charge in [-0.05, 0) is 25.1 Å². The van der Waals surface area contributed by atoms with Crippen molar-refractivity contribution in [2.45, 2.75) is 56.1 Å². The highest BCUT2D eigenvalue weighted by Gasteiger charge is 2.46. The van der Waals surface area contributed by atoms with E-state index < -0.39 is 107 Å². The van der Waals surface area contributed by atoms with E-state index in [9.17, 15) is 50.1 Å². The molecule has 4 rings (SSSR count). The van der Waals surface area contributed by atoms with Crippen LogP contribution in [-0.4, -0.2) is 112 Å². The minimum Gasteiger partial charge on any atom is -0.507 e. The van der Waals surface area contributed by atoms with Crippen LogP contribution >= 0.6 is 0 Å². The summed E-state index contributed by atoms with van der Waals surface area (Å²) in [4.78, 5) is 37.8. The largest absolute Gasteiger partial charge is 0.507 e. The maximum atomic E-state index is 13.9. The Balaban J connectivity index is 1.71. The number of esters is 2. The normalized spacial score (nSPS) is 22.3. The van der Waals surface area contributed by atoms with Gasteiger partial charge >= 0.3 is 11.9 Å². The van der Waals surface area contributed by atoms with Crippen LogP contribution < -0.4 is 19.6 Å². The predicted molar refractivity (Wildman–Crippen MR) is 156 cm³/mol. The summed E-state index contributed by atoms with van der Waals surface area (Å²) in [5, 5.41) is 72.7. The molecule has 3 aromatic rings. The topological polar surface area (TPSA) is 261 Å². The zero-order valence-electron chi connectivity index (χ0n) is 25.5. The molecular formula is C30H34O17. The first-order valence-corrected chi connectivity index (χ1v) is 13.9. The number of methoxy groups -OCH3 is 3. The van der Waals surface area contributed by atoms with Crippen molar-refractivity contribution in [3.63, 3.8) is 0 Å². The summed E-state index contributed by atoms with van der Waals surface area (Å²) in [5.74, 6) is -4.85. The van der Waals surface area contributed by atoms with Gasteiger partial charge in [0.25, 0.3) is 0 Å². The Labute approximate surface area is 265 Å². The van der Waals surface area contributed by atoms with Crippen molar-refractivity contribution in [3.8, 4) is 45.8 Å². The molecule has 0 spiro atoms. The predicted octanol–water partition coefficient (Wildman–Crippen LogP) is 0.0278. The van der Waals surface area contributed by atoms with Gasteiger partial charge in [-0.3, -0.25) is 14.4 Å². The molecule has 1 unspecified atom stereocenters. The molecule has 7 N–H and O–H groups in total. The van der Waals surface area contributed by atoms with Crippen LogP contribution in [0.5, 0.6) is 34.5 Å².